The molecule has 9 heteroatoms. The molecule has 0 aliphatic carbocycles. The van der Waals surface area contributed by atoms with Gasteiger partial charge in [-0.1, -0.05) is 42.0 Å². The van der Waals surface area contributed by atoms with Crippen LogP contribution < -0.4 is 9.62 Å². The molecular formula is C26H35N3O5S. The van der Waals surface area contributed by atoms with E-state index in [0.29, 0.717) is 5.56 Å². The molecule has 2 amide bonds. The van der Waals surface area contributed by atoms with Crippen LogP contribution in [-0.2, 0) is 26.2 Å². The second-order valence-electron chi connectivity index (χ2n) is 9.80. The first kappa shape index (κ1) is 28.0. The Kier molecular flexibility index (Phi) is 8.84. The van der Waals surface area contributed by atoms with Crippen molar-refractivity contribution in [3.05, 3.63) is 65.2 Å². The molecule has 1 N–H and O–H groups in total. The van der Waals surface area contributed by atoms with Crippen LogP contribution in [0.4, 0.5) is 5.69 Å². The molecule has 0 aliphatic heterocycles. The smallest absolute Gasteiger partial charge is 0.244 e. The average Bonchev–Trinajstić information content (AvgIpc) is 2.74. The topological polar surface area (TPSA) is 104 Å². The molecule has 0 aromatic heterocycles. The molecule has 0 unspecified atom stereocenters. The second-order valence-corrected chi connectivity index (χ2v) is 11.7. The molecule has 0 fully saturated rings. The maximum Gasteiger partial charge on any atom is 0.244 e. The highest BCUT2D eigenvalue weighted by atomic mass is 32.2. The summed E-state index contributed by atoms with van der Waals surface area (Å²) in [6.45, 7) is 10.1. The van der Waals surface area contributed by atoms with Gasteiger partial charge in [0.05, 0.1) is 11.9 Å². The number of carbonyl (C=O) groups is 3. The van der Waals surface area contributed by atoms with Crippen molar-refractivity contribution in [1.82, 2.24) is 10.2 Å². The van der Waals surface area contributed by atoms with Crippen molar-refractivity contribution in [3.8, 4) is 0 Å². The van der Waals surface area contributed by atoms with E-state index in [-0.39, 0.29) is 23.9 Å². The molecular weight excluding hydrogens is 466 g/mol. The van der Waals surface area contributed by atoms with Gasteiger partial charge in [-0.25, -0.2) is 8.42 Å². The summed E-state index contributed by atoms with van der Waals surface area (Å²) >= 11 is 0. The first-order valence-electron chi connectivity index (χ1n) is 11.3. The average molecular weight is 502 g/mol. The summed E-state index contributed by atoms with van der Waals surface area (Å²) in [7, 11) is -3.87. The van der Waals surface area contributed by atoms with Gasteiger partial charge in [-0.2, -0.15) is 0 Å². The molecule has 0 heterocycles. The molecule has 8 nitrogen and oxygen atoms in total. The maximum atomic E-state index is 13.5. The Labute approximate surface area is 208 Å². The number of rotatable bonds is 9. The van der Waals surface area contributed by atoms with E-state index >= 15 is 0 Å². The minimum absolute atomic E-state index is 0.128. The number of Topliss-reactive ketones (excluding diaryl/α,β-unsaturated/α-hetero) is 1. The largest absolute Gasteiger partial charge is 0.350 e. The van der Waals surface area contributed by atoms with Crippen molar-refractivity contribution in [2.24, 2.45) is 0 Å². The Bertz CT molecular complexity index is 1180. The molecule has 2 aromatic rings. The third-order valence-electron chi connectivity index (χ3n) is 5.36. The lowest BCUT2D eigenvalue weighted by Gasteiger charge is -2.33. The van der Waals surface area contributed by atoms with E-state index in [2.05, 4.69) is 5.32 Å². The van der Waals surface area contributed by atoms with Crippen LogP contribution in [0.5, 0.6) is 0 Å². The van der Waals surface area contributed by atoms with Gasteiger partial charge in [0.1, 0.15) is 12.6 Å². The van der Waals surface area contributed by atoms with Crippen LogP contribution in [0.1, 0.15) is 56.1 Å². The van der Waals surface area contributed by atoms with Gasteiger partial charge in [-0.3, -0.25) is 18.7 Å². The molecule has 0 radical (unpaired) electrons. The number of hydrogen-bond acceptors (Lipinski definition) is 5. The van der Waals surface area contributed by atoms with E-state index < -0.39 is 34.1 Å². The van der Waals surface area contributed by atoms with Crippen LogP contribution in [0.2, 0.25) is 0 Å². The van der Waals surface area contributed by atoms with Gasteiger partial charge in [-0.05, 0) is 59.2 Å². The highest BCUT2D eigenvalue weighted by Crippen LogP contribution is 2.21. The lowest BCUT2D eigenvalue weighted by molar-refractivity contribution is -0.140. The monoisotopic (exact) mass is 501 g/mol. The molecule has 0 spiro atoms. The summed E-state index contributed by atoms with van der Waals surface area (Å²) in [4.78, 5) is 39.7. The van der Waals surface area contributed by atoms with Crippen molar-refractivity contribution >= 4 is 33.3 Å². The number of benzene rings is 2. The number of ketones is 1. The number of nitrogens with one attached hydrogen (secondary N) is 1. The van der Waals surface area contributed by atoms with E-state index in [0.717, 1.165) is 21.7 Å². The van der Waals surface area contributed by atoms with E-state index in [1.165, 1.54) is 24.0 Å². The predicted octanol–water partition coefficient (Wildman–Crippen LogP) is 3.30. The van der Waals surface area contributed by atoms with Crippen molar-refractivity contribution in [3.63, 3.8) is 0 Å². The number of amides is 2. The van der Waals surface area contributed by atoms with Crippen LogP contribution in [0.25, 0.3) is 0 Å². The molecule has 2 rings (SSSR count). The number of carbonyl (C=O) groups excluding carboxylic acids is 3. The first-order chi connectivity index (χ1) is 16.1. The van der Waals surface area contributed by atoms with Gasteiger partial charge in [0.2, 0.25) is 21.8 Å². The minimum Gasteiger partial charge on any atom is -0.350 e. The Morgan fingerprint density at radius 3 is 2.14 bits per heavy atom. The SMILES string of the molecule is CC(=O)c1cccc(N(CC(=O)N(Cc2ccc(C)cc2)[C@H](C)C(=O)NC(C)(C)C)S(C)(=O)=O)c1. The molecule has 0 saturated carbocycles. The lowest BCUT2D eigenvalue weighted by Crippen LogP contribution is -2.54. The van der Waals surface area contributed by atoms with Gasteiger partial charge in [0.25, 0.3) is 0 Å². The number of nitrogens with zero attached hydrogens (tertiary/aromatic N) is 2. The summed E-state index contributed by atoms with van der Waals surface area (Å²) in [5, 5.41) is 2.88. The Morgan fingerprint density at radius 1 is 1.03 bits per heavy atom. The Hall–Kier alpha value is -3.20. The van der Waals surface area contributed by atoms with E-state index in [9.17, 15) is 22.8 Å². The number of sulfonamides is 1. The summed E-state index contributed by atoms with van der Waals surface area (Å²) < 4.78 is 26.3. The Morgan fingerprint density at radius 2 is 1.63 bits per heavy atom. The predicted molar refractivity (Wildman–Crippen MR) is 138 cm³/mol. The highest BCUT2D eigenvalue weighted by Gasteiger charge is 2.31. The zero-order chi connectivity index (χ0) is 26.6. The van der Waals surface area contributed by atoms with E-state index in [1.54, 1.807) is 19.1 Å². The normalized spacial score (nSPS) is 12.5. The fourth-order valence-corrected chi connectivity index (χ4v) is 4.28. The van der Waals surface area contributed by atoms with Crippen LogP contribution in [0.15, 0.2) is 48.5 Å². The molecule has 35 heavy (non-hydrogen) atoms. The van der Waals surface area contributed by atoms with Crippen LogP contribution in [0, 0.1) is 6.92 Å². The molecule has 2 aromatic carbocycles. The fraction of sp³-hybridized carbons (Fsp3) is 0.423. The van der Waals surface area contributed by atoms with Crippen molar-refractivity contribution in [2.75, 3.05) is 17.1 Å². The van der Waals surface area contributed by atoms with E-state index in [4.69, 9.17) is 0 Å². The standard InChI is InChI=1S/C26H35N3O5S/c1-18-11-13-21(14-12-18)16-28(19(2)25(32)27-26(4,5)6)24(31)17-29(35(7,33)34)23-10-8-9-22(15-23)20(3)30/h8-15,19H,16-17H2,1-7H3,(H,27,32)/t19-/m1/s1. The minimum atomic E-state index is -3.87. The van der Waals surface area contributed by atoms with Crippen molar-refractivity contribution in [1.29, 1.82) is 0 Å². The zero-order valence-corrected chi connectivity index (χ0v) is 22.3. The van der Waals surface area contributed by atoms with Crippen LogP contribution >= 0.6 is 0 Å². The van der Waals surface area contributed by atoms with Gasteiger partial charge in [0, 0.05) is 17.6 Å². The first-order valence-corrected chi connectivity index (χ1v) is 13.2. The van der Waals surface area contributed by atoms with Gasteiger partial charge in [0.15, 0.2) is 5.78 Å². The molecule has 0 saturated heterocycles. The van der Waals surface area contributed by atoms with Crippen molar-refractivity contribution < 1.29 is 22.8 Å². The number of anilines is 1. The van der Waals surface area contributed by atoms with Crippen LogP contribution in [0.3, 0.4) is 0 Å². The van der Waals surface area contributed by atoms with Gasteiger partial charge < -0.3 is 10.2 Å². The molecule has 190 valence electrons. The van der Waals surface area contributed by atoms with Crippen LogP contribution in [-0.4, -0.2) is 55.3 Å². The molecule has 0 bridgehead atoms. The third kappa shape index (κ3) is 8.20. The Balaban J connectivity index is 2.43. The third-order valence-corrected chi connectivity index (χ3v) is 6.50. The number of hydrogen-bond donors (Lipinski definition) is 1. The fourth-order valence-electron chi connectivity index (χ4n) is 3.44. The summed E-state index contributed by atoms with van der Waals surface area (Å²) in [5.74, 6) is -1.11. The molecule has 1 atom stereocenters. The maximum absolute atomic E-state index is 13.5. The second kappa shape index (κ2) is 11.0. The summed E-state index contributed by atoms with van der Waals surface area (Å²) in [6, 6.07) is 12.8. The zero-order valence-electron chi connectivity index (χ0n) is 21.5. The van der Waals surface area contributed by atoms with Gasteiger partial charge in [-0.15, -0.1) is 0 Å². The highest BCUT2D eigenvalue weighted by molar-refractivity contribution is 7.92. The lowest BCUT2D eigenvalue weighted by atomic mass is 10.1. The van der Waals surface area contributed by atoms with Crippen molar-refractivity contribution in [2.45, 2.75) is 59.7 Å². The molecule has 0 aliphatic rings. The number of aryl methyl sites for hydroxylation is 1. The van der Waals surface area contributed by atoms with Gasteiger partial charge >= 0.3 is 0 Å². The summed E-state index contributed by atoms with van der Waals surface area (Å²) in [5.41, 5.74) is 1.90. The summed E-state index contributed by atoms with van der Waals surface area (Å²) in [6.07, 6.45) is 1.00. The van der Waals surface area contributed by atoms with E-state index in [1.807, 2.05) is 52.0 Å². The quantitative estimate of drug-likeness (QED) is 0.531.